The lowest BCUT2D eigenvalue weighted by Crippen LogP contribution is -2.40. The monoisotopic (exact) mass is 275 g/mol. The van der Waals surface area contributed by atoms with Crippen molar-refractivity contribution >= 4 is 5.91 Å². The highest BCUT2D eigenvalue weighted by atomic mass is 16.5. The Morgan fingerprint density at radius 2 is 1.90 bits per heavy atom. The van der Waals surface area contributed by atoms with Crippen LogP contribution in [-0.2, 0) is 4.79 Å². The summed E-state index contributed by atoms with van der Waals surface area (Å²) in [6, 6.07) is 9.94. The van der Waals surface area contributed by atoms with Gasteiger partial charge in [0.1, 0.15) is 5.75 Å². The van der Waals surface area contributed by atoms with Crippen LogP contribution in [0.15, 0.2) is 30.3 Å². The maximum Gasteiger partial charge on any atom is 0.222 e. The van der Waals surface area contributed by atoms with Gasteiger partial charge < -0.3 is 9.64 Å². The van der Waals surface area contributed by atoms with Gasteiger partial charge in [-0.15, -0.1) is 0 Å². The standard InChI is InChI=1S/C17H25NO2/c1-14(2)12-17(19)18-10-8-15(9-11-18)13-20-16-6-4-3-5-7-16/h3-7,14-15H,8-13H2,1-2H3. The number of ether oxygens (including phenoxy) is 1. The highest BCUT2D eigenvalue weighted by Crippen LogP contribution is 2.20. The molecule has 1 amide bonds. The molecule has 0 N–H and O–H groups in total. The quantitative estimate of drug-likeness (QED) is 0.824. The van der Waals surface area contributed by atoms with Gasteiger partial charge in [0.2, 0.25) is 5.91 Å². The van der Waals surface area contributed by atoms with E-state index >= 15 is 0 Å². The predicted octanol–water partition coefficient (Wildman–Crippen LogP) is 3.35. The molecule has 1 saturated heterocycles. The van der Waals surface area contributed by atoms with E-state index < -0.39 is 0 Å². The molecule has 0 aromatic heterocycles. The van der Waals surface area contributed by atoms with E-state index in [0.29, 0.717) is 24.2 Å². The fraction of sp³-hybridized carbons (Fsp3) is 0.588. The average Bonchev–Trinajstić information content (AvgIpc) is 2.46. The normalized spacial score (nSPS) is 16.4. The number of carbonyl (C=O) groups is 1. The molecule has 1 aliphatic rings. The van der Waals surface area contributed by atoms with Crippen LogP contribution in [0, 0.1) is 11.8 Å². The van der Waals surface area contributed by atoms with Crippen molar-refractivity contribution in [2.45, 2.75) is 33.1 Å². The molecule has 110 valence electrons. The molecule has 20 heavy (non-hydrogen) atoms. The Kier molecular flexibility index (Phi) is 5.45. The summed E-state index contributed by atoms with van der Waals surface area (Å²) in [5.41, 5.74) is 0. The van der Waals surface area contributed by atoms with Crippen LogP contribution in [0.2, 0.25) is 0 Å². The van der Waals surface area contributed by atoms with E-state index in [9.17, 15) is 4.79 Å². The highest BCUT2D eigenvalue weighted by molar-refractivity contribution is 5.76. The van der Waals surface area contributed by atoms with Gasteiger partial charge in [-0.3, -0.25) is 4.79 Å². The van der Waals surface area contributed by atoms with Crippen LogP contribution in [0.3, 0.4) is 0 Å². The third-order valence-corrected chi connectivity index (χ3v) is 3.78. The molecule has 0 atom stereocenters. The fourth-order valence-corrected chi connectivity index (χ4v) is 2.56. The van der Waals surface area contributed by atoms with Crippen LogP contribution < -0.4 is 4.74 Å². The zero-order chi connectivity index (χ0) is 14.4. The Balaban J connectivity index is 1.70. The molecule has 0 bridgehead atoms. The molecule has 1 aromatic rings. The molecule has 0 spiro atoms. The zero-order valence-electron chi connectivity index (χ0n) is 12.5. The van der Waals surface area contributed by atoms with Gasteiger partial charge in [-0.2, -0.15) is 0 Å². The van der Waals surface area contributed by atoms with Crippen LogP contribution >= 0.6 is 0 Å². The molecule has 2 rings (SSSR count). The number of piperidine rings is 1. The number of hydrogen-bond acceptors (Lipinski definition) is 2. The number of para-hydroxylation sites is 1. The minimum atomic E-state index is 0.308. The first-order chi connectivity index (χ1) is 9.65. The Bertz CT molecular complexity index is 408. The van der Waals surface area contributed by atoms with Gasteiger partial charge in [0.15, 0.2) is 0 Å². The van der Waals surface area contributed by atoms with Gasteiger partial charge >= 0.3 is 0 Å². The lowest BCUT2D eigenvalue weighted by Gasteiger charge is -2.32. The minimum absolute atomic E-state index is 0.308. The number of likely N-dealkylation sites (tertiary alicyclic amines) is 1. The maximum absolute atomic E-state index is 12.0. The molecule has 1 aliphatic heterocycles. The van der Waals surface area contributed by atoms with Crippen LogP contribution in [0.1, 0.15) is 33.1 Å². The minimum Gasteiger partial charge on any atom is -0.493 e. The van der Waals surface area contributed by atoms with Gasteiger partial charge in [-0.05, 0) is 36.8 Å². The number of carbonyl (C=O) groups excluding carboxylic acids is 1. The summed E-state index contributed by atoms with van der Waals surface area (Å²) in [7, 11) is 0. The fourth-order valence-electron chi connectivity index (χ4n) is 2.56. The molecule has 3 heteroatoms. The molecule has 1 fully saturated rings. The highest BCUT2D eigenvalue weighted by Gasteiger charge is 2.23. The van der Waals surface area contributed by atoms with Crippen molar-refractivity contribution in [3.63, 3.8) is 0 Å². The van der Waals surface area contributed by atoms with Gasteiger partial charge in [0, 0.05) is 19.5 Å². The number of amides is 1. The van der Waals surface area contributed by atoms with E-state index in [2.05, 4.69) is 13.8 Å². The predicted molar refractivity (Wildman–Crippen MR) is 80.7 cm³/mol. The second-order valence-electron chi connectivity index (χ2n) is 6.05. The summed E-state index contributed by atoms with van der Waals surface area (Å²) in [5.74, 6) is 2.26. The Morgan fingerprint density at radius 3 is 2.50 bits per heavy atom. The third kappa shape index (κ3) is 4.55. The van der Waals surface area contributed by atoms with E-state index in [-0.39, 0.29) is 0 Å². The van der Waals surface area contributed by atoms with Gasteiger partial charge in [-0.1, -0.05) is 32.0 Å². The summed E-state index contributed by atoms with van der Waals surface area (Å²) < 4.78 is 5.80. The number of rotatable bonds is 5. The number of benzene rings is 1. The lowest BCUT2D eigenvalue weighted by molar-refractivity contribution is -0.133. The molecule has 0 aliphatic carbocycles. The van der Waals surface area contributed by atoms with E-state index in [1.165, 1.54) is 0 Å². The molecule has 1 aromatic carbocycles. The van der Waals surface area contributed by atoms with E-state index in [1.54, 1.807) is 0 Å². The topological polar surface area (TPSA) is 29.5 Å². The van der Waals surface area contributed by atoms with Gasteiger partial charge in [0.25, 0.3) is 0 Å². The van der Waals surface area contributed by atoms with Crippen LogP contribution in [0.25, 0.3) is 0 Å². The number of hydrogen-bond donors (Lipinski definition) is 0. The van der Waals surface area contributed by atoms with Crippen molar-refractivity contribution in [1.82, 2.24) is 4.90 Å². The van der Waals surface area contributed by atoms with Crippen LogP contribution in [-0.4, -0.2) is 30.5 Å². The largest absolute Gasteiger partial charge is 0.493 e. The van der Waals surface area contributed by atoms with E-state index in [4.69, 9.17) is 4.74 Å². The van der Waals surface area contributed by atoms with Crippen molar-refractivity contribution in [1.29, 1.82) is 0 Å². The number of nitrogens with zero attached hydrogens (tertiary/aromatic N) is 1. The Morgan fingerprint density at radius 1 is 1.25 bits per heavy atom. The second kappa shape index (κ2) is 7.32. The maximum atomic E-state index is 12.0. The summed E-state index contributed by atoms with van der Waals surface area (Å²) in [6.45, 7) is 6.72. The van der Waals surface area contributed by atoms with Crippen LogP contribution in [0.5, 0.6) is 5.75 Å². The van der Waals surface area contributed by atoms with Gasteiger partial charge in [0.05, 0.1) is 6.61 Å². The second-order valence-corrected chi connectivity index (χ2v) is 6.05. The lowest BCUT2D eigenvalue weighted by atomic mass is 9.97. The van der Waals surface area contributed by atoms with E-state index in [0.717, 1.165) is 38.3 Å². The molecular weight excluding hydrogens is 250 g/mol. The first-order valence-electron chi connectivity index (χ1n) is 7.60. The third-order valence-electron chi connectivity index (χ3n) is 3.78. The Labute approximate surface area is 121 Å². The van der Waals surface area contributed by atoms with Crippen LogP contribution in [0.4, 0.5) is 0 Å². The molecule has 1 heterocycles. The van der Waals surface area contributed by atoms with Crippen molar-refractivity contribution in [3.05, 3.63) is 30.3 Å². The van der Waals surface area contributed by atoms with Gasteiger partial charge in [-0.25, -0.2) is 0 Å². The Hall–Kier alpha value is -1.51. The van der Waals surface area contributed by atoms with Crippen molar-refractivity contribution in [2.75, 3.05) is 19.7 Å². The average molecular weight is 275 g/mol. The zero-order valence-corrected chi connectivity index (χ0v) is 12.5. The SMILES string of the molecule is CC(C)CC(=O)N1CCC(COc2ccccc2)CC1. The van der Waals surface area contributed by atoms with Crippen molar-refractivity contribution in [3.8, 4) is 5.75 Å². The molecular formula is C17H25NO2. The van der Waals surface area contributed by atoms with Crippen molar-refractivity contribution in [2.24, 2.45) is 11.8 Å². The molecule has 0 radical (unpaired) electrons. The molecule has 0 saturated carbocycles. The first kappa shape index (κ1) is 14.9. The smallest absolute Gasteiger partial charge is 0.222 e. The molecule has 0 unspecified atom stereocenters. The molecule has 3 nitrogen and oxygen atoms in total. The first-order valence-corrected chi connectivity index (χ1v) is 7.60. The summed E-state index contributed by atoms with van der Waals surface area (Å²) in [5, 5.41) is 0. The summed E-state index contributed by atoms with van der Waals surface area (Å²) in [4.78, 5) is 14.0. The summed E-state index contributed by atoms with van der Waals surface area (Å²) >= 11 is 0. The van der Waals surface area contributed by atoms with E-state index in [1.807, 2.05) is 35.2 Å². The van der Waals surface area contributed by atoms with Crippen molar-refractivity contribution < 1.29 is 9.53 Å². The summed E-state index contributed by atoms with van der Waals surface area (Å²) in [6.07, 6.45) is 2.78.